The van der Waals surface area contributed by atoms with E-state index < -0.39 is 0 Å². The van der Waals surface area contributed by atoms with E-state index in [0.29, 0.717) is 12.6 Å². The molecule has 1 saturated carbocycles. The van der Waals surface area contributed by atoms with Crippen molar-refractivity contribution in [3.63, 3.8) is 0 Å². The van der Waals surface area contributed by atoms with E-state index >= 15 is 0 Å². The number of rotatable bonds is 2. The van der Waals surface area contributed by atoms with E-state index in [1.54, 1.807) is 7.11 Å². The minimum Gasteiger partial charge on any atom is -0.381 e. The van der Waals surface area contributed by atoms with Crippen molar-refractivity contribution >= 4 is 0 Å². The lowest BCUT2D eigenvalue weighted by atomic mass is 9.75. The molecule has 0 aromatic carbocycles. The SMILES string of the molecule is COC1CC(N)(CN)C1. The Morgan fingerprint density at radius 2 is 2.22 bits per heavy atom. The molecule has 0 aliphatic heterocycles. The highest BCUT2D eigenvalue weighted by molar-refractivity contribution is 4.99. The monoisotopic (exact) mass is 130 g/mol. The lowest BCUT2D eigenvalue weighted by Crippen LogP contribution is -2.59. The molecule has 3 heteroatoms. The molecule has 1 fully saturated rings. The molecule has 1 aliphatic rings. The lowest BCUT2D eigenvalue weighted by Gasteiger charge is -2.43. The molecule has 9 heavy (non-hydrogen) atoms. The van der Waals surface area contributed by atoms with Gasteiger partial charge in [-0.05, 0) is 12.8 Å². The summed E-state index contributed by atoms with van der Waals surface area (Å²) in [6.45, 7) is 0.576. The predicted molar refractivity (Wildman–Crippen MR) is 36.0 cm³/mol. The molecule has 0 radical (unpaired) electrons. The third-order valence-electron chi connectivity index (χ3n) is 2.01. The molecule has 0 heterocycles. The van der Waals surface area contributed by atoms with Crippen LogP contribution in [0, 0.1) is 0 Å². The zero-order valence-electron chi connectivity index (χ0n) is 5.76. The maximum Gasteiger partial charge on any atom is 0.0607 e. The standard InChI is InChI=1S/C6H14N2O/c1-9-5-2-6(8,3-5)4-7/h5H,2-4,7-8H2,1H3. The summed E-state index contributed by atoms with van der Waals surface area (Å²) in [5.74, 6) is 0. The molecule has 0 atom stereocenters. The fourth-order valence-electron chi connectivity index (χ4n) is 1.18. The molecule has 4 N–H and O–H groups in total. The Morgan fingerprint density at radius 1 is 1.67 bits per heavy atom. The van der Waals surface area contributed by atoms with Crippen LogP contribution in [0.2, 0.25) is 0 Å². The second-order valence-corrected chi connectivity index (χ2v) is 2.83. The van der Waals surface area contributed by atoms with Crippen LogP contribution in [0.4, 0.5) is 0 Å². The van der Waals surface area contributed by atoms with Gasteiger partial charge < -0.3 is 16.2 Å². The van der Waals surface area contributed by atoms with Gasteiger partial charge in [0.2, 0.25) is 0 Å². The van der Waals surface area contributed by atoms with Crippen LogP contribution in [0.3, 0.4) is 0 Å². The van der Waals surface area contributed by atoms with Crippen molar-refractivity contribution in [2.45, 2.75) is 24.5 Å². The van der Waals surface area contributed by atoms with Crippen molar-refractivity contribution < 1.29 is 4.74 Å². The van der Waals surface area contributed by atoms with Crippen molar-refractivity contribution in [3.8, 4) is 0 Å². The predicted octanol–water partition coefficient (Wildman–Crippen LogP) is -0.549. The van der Waals surface area contributed by atoms with Gasteiger partial charge in [-0.25, -0.2) is 0 Å². The van der Waals surface area contributed by atoms with Crippen molar-refractivity contribution in [1.29, 1.82) is 0 Å². The number of nitrogens with two attached hydrogens (primary N) is 2. The normalized spacial score (nSPS) is 42.3. The molecule has 54 valence electrons. The summed E-state index contributed by atoms with van der Waals surface area (Å²) >= 11 is 0. The smallest absolute Gasteiger partial charge is 0.0607 e. The highest BCUT2D eigenvalue weighted by Gasteiger charge is 2.39. The summed E-state index contributed by atoms with van der Waals surface area (Å²) in [6.07, 6.45) is 2.19. The number of ether oxygens (including phenoxy) is 1. The largest absolute Gasteiger partial charge is 0.381 e. The Labute approximate surface area is 55.4 Å². The Hall–Kier alpha value is -0.120. The third-order valence-corrected chi connectivity index (χ3v) is 2.01. The quantitative estimate of drug-likeness (QED) is 0.527. The lowest BCUT2D eigenvalue weighted by molar-refractivity contribution is -0.0105. The average molecular weight is 130 g/mol. The fourth-order valence-corrected chi connectivity index (χ4v) is 1.18. The van der Waals surface area contributed by atoms with Gasteiger partial charge in [0, 0.05) is 19.2 Å². The summed E-state index contributed by atoms with van der Waals surface area (Å²) in [4.78, 5) is 0. The van der Waals surface area contributed by atoms with E-state index in [1.165, 1.54) is 0 Å². The van der Waals surface area contributed by atoms with Gasteiger partial charge in [-0.1, -0.05) is 0 Å². The van der Waals surface area contributed by atoms with Crippen LogP contribution in [0.25, 0.3) is 0 Å². The van der Waals surface area contributed by atoms with Crippen molar-refractivity contribution in [2.75, 3.05) is 13.7 Å². The Morgan fingerprint density at radius 3 is 2.56 bits per heavy atom. The van der Waals surface area contributed by atoms with E-state index in [2.05, 4.69) is 0 Å². The first kappa shape index (κ1) is 6.99. The second kappa shape index (κ2) is 2.25. The van der Waals surface area contributed by atoms with Crippen LogP contribution in [0.15, 0.2) is 0 Å². The molecular weight excluding hydrogens is 116 g/mol. The van der Waals surface area contributed by atoms with Gasteiger partial charge in [-0.3, -0.25) is 0 Å². The van der Waals surface area contributed by atoms with Crippen LogP contribution >= 0.6 is 0 Å². The Kier molecular flexibility index (Phi) is 1.75. The van der Waals surface area contributed by atoms with E-state index in [0.717, 1.165) is 12.8 Å². The van der Waals surface area contributed by atoms with Gasteiger partial charge in [0.25, 0.3) is 0 Å². The molecule has 0 bridgehead atoms. The summed E-state index contributed by atoms with van der Waals surface area (Å²) in [7, 11) is 1.71. The number of methoxy groups -OCH3 is 1. The molecule has 0 aromatic rings. The molecule has 0 spiro atoms. The van der Waals surface area contributed by atoms with Gasteiger partial charge in [-0.15, -0.1) is 0 Å². The highest BCUT2D eigenvalue weighted by atomic mass is 16.5. The highest BCUT2D eigenvalue weighted by Crippen LogP contribution is 2.30. The van der Waals surface area contributed by atoms with Gasteiger partial charge in [0.05, 0.1) is 6.10 Å². The first-order chi connectivity index (χ1) is 4.20. The summed E-state index contributed by atoms with van der Waals surface area (Å²) in [6, 6.07) is 0. The van der Waals surface area contributed by atoms with Crippen molar-refractivity contribution in [1.82, 2.24) is 0 Å². The Bertz CT molecular complexity index is 99.2. The van der Waals surface area contributed by atoms with Gasteiger partial charge in [-0.2, -0.15) is 0 Å². The second-order valence-electron chi connectivity index (χ2n) is 2.83. The van der Waals surface area contributed by atoms with Gasteiger partial charge in [0.15, 0.2) is 0 Å². The topological polar surface area (TPSA) is 61.3 Å². The van der Waals surface area contributed by atoms with E-state index in [1.807, 2.05) is 0 Å². The van der Waals surface area contributed by atoms with Crippen LogP contribution in [-0.2, 0) is 4.74 Å². The van der Waals surface area contributed by atoms with Crippen molar-refractivity contribution in [2.24, 2.45) is 11.5 Å². The molecule has 0 amide bonds. The average Bonchev–Trinajstić information content (AvgIpc) is 1.81. The summed E-state index contributed by atoms with van der Waals surface area (Å²) in [5.41, 5.74) is 11.1. The Balaban J connectivity index is 2.24. The zero-order chi connectivity index (χ0) is 6.91. The van der Waals surface area contributed by atoms with Crippen LogP contribution < -0.4 is 11.5 Å². The van der Waals surface area contributed by atoms with Gasteiger partial charge in [0.1, 0.15) is 0 Å². The fraction of sp³-hybridized carbons (Fsp3) is 1.00. The maximum atomic E-state index is 5.76. The van der Waals surface area contributed by atoms with Crippen LogP contribution in [0.1, 0.15) is 12.8 Å². The third kappa shape index (κ3) is 1.23. The molecule has 0 saturated heterocycles. The van der Waals surface area contributed by atoms with E-state index in [-0.39, 0.29) is 5.54 Å². The molecule has 1 rings (SSSR count). The van der Waals surface area contributed by atoms with E-state index in [9.17, 15) is 0 Å². The number of hydrogen-bond donors (Lipinski definition) is 2. The molecule has 0 aromatic heterocycles. The van der Waals surface area contributed by atoms with E-state index in [4.69, 9.17) is 16.2 Å². The van der Waals surface area contributed by atoms with Crippen LogP contribution in [0.5, 0.6) is 0 Å². The zero-order valence-corrected chi connectivity index (χ0v) is 5.76. The number of hydrogen-bond acceptors (Lipinski definition) is 3. The maximum absolute atomic E-state index is 5.76. The minimum absolute atomic E-state index is 0.110. The molecule has 1 aliphatic carbocycles. The van der Waals surface area contributed by atoms with Crippen molar-refractivity contribution in [3.05, 3.63) is 0 Å². The minimum atomic E-state index is -0.110. The van der Waals surface area contributed by atoms with Crippen LogP contribution in [-0.4, -0.2) is 25.3 Å². The van der Waals surface area contributed by atoms with Gasteiger partial charge >= 0.3 is 0 Å². The first-order valence-corrected chi connectivity index (χ1v) is 3.22. The molecule has 3 nitrogen and oxygen atoms in total. The summed E-state index contributed by atoms with van der Waals surface area (Å²) < 4.78 is 5.05. The first-order valence-electron chi connectivity index (χ1n) is 3.22. The molecule has 0 unspecified atom stereocenters. The molecular formula is C6H14N2O. The summed E-state index contributed by atoms with van der Waals surface area (Å²) in [5, 5.41) is 0.